The van der Waals surface area contributed by atoms with E-state index in [9.17, 15) is 8.42 Å². The highest BCUT2D eigenvalue weighted by molar-refractivity contribution is 7.88. The van der Waals surface area contributed by atoms with E-state index in [4.69, 9.17) is 0 Å². The van der Waals surface area contributed by atoms with Gasteiger partial charge in [-0.15, -0.1) is 0 Å². The Morgan fingerprint density at radius 1 is 1.27 bits per heavy atom. The van der Waals surface area contributed by atoms with Crippen molar-refractivity contribution < 1.29 is 8.42 Å². The molecule has 1 fully saturated rings. The van der Waals surface area contributed by atoms with E-state index in [1.807, 2.05) is 37.3 Å². The summed E-state index contributed by atoms with van der Waals surface area (Å²) >= 11 is 0. The lowest BCUT2D eigenvalue weighted by atomic mass is 10.00. The Balaban J connectivity index is 1.88. The van der Waals surface area contributed by atoms with Gasteiger partial charge in [0.25, 0.3) is 0 Å². The standard InChI is InChI=1S/C16H21N3O2S/c1-13-11-17-18-16(13)15-9-5-6-10-19(15)22(20,21)12-14-7-3-2-4-8-14/h2-4,7-8,11,15H,5-6,9-10,12H2,1H3,(H,17,18). The Kier molecular flexibility index (Phi) is 4.31. The molecule has 5 nitrogen and oxygen atoms in total. The van der Waals surface area contributed by atoms with Gasteiger partial charge in [-0.3, -0.25) is 5.10 Å². The van der Waals surface area contributed by atoms with Crippen LogP contribution in [-0.2, 0) is 15.8 Å². The minimum Gasteiger partial charge on any atom is -0.281 e. The molecule has 2 heterocycles. The monoisotopic (exact) mass is 319 g/mol. The summed E-state index contributed by atoms with van der Waals surface area (Å²) in [5.74, 6) is 0.0531. The van der Waals surface area contributed by atoms with Crippen LogP contribution in [0.4, 0.5) is 0 Å². The van der Waals surface area contributed by atoms with Gasteiger partial charge >= 0.3 is 0 Å². The Hall–Kier alpha value is -1.66. The van der Waals surface area contributed by atoms with Crippen LogP contribution in [0, 0.1) is 6.92 Å². The molecule has 0 radical (unpaired) electrons. The van der Waals surface area contributed by atoms with E-state index in [-0.39, 0.29) is 11.8 Å². The van der Waals surface area contributed by atoms with E-state index in [1.165, 1.54) is 0 Å². The average Bonchev–Trinajstić information content (AvgIpc) is 2.94. The topological polar surface area (TPSA) is 66.1 Å². The fourth-order valence-electron chi connectivity index (χ4n) is 3.09. The van der Waals surface area contributed by atoms with Crippen LogP contribution in [-0.4, -0.2) is 29.5 Å². The van der Waals surface area contributed by atoms with Gasteiger partial charge in [0.15, 0.2) is 0 Å². The quantitative estimate of drug-likeness (QED) is 0.942. The second-order valence-electron chi connectivity index (χ2n) is 5.83. The molecule has 0 saturated carbocycles. The number of sulfonamides is 1. The molecule has 0 amide bonds. The van der Waals surface area contributed by atoms with E-state index in [0.29, 0.717) is 6.54 Å². The van der Waals surface area contributed by atoms with Crippen molar-refractivity contribution in [1.82, 2.24) is 14.5 Å². The SMILES string of the molecule is Cc1cn[nH]c1C1CCCCN1S(=O)(=O)Cc1ccccc1. The summed E-state index contributed by atoms with van der Waals surface area (Å²) in [6, 6.07) is 9.24. The highest BCUT2D eigenvalue weighted by Crippen LogP contribution is 2.34. The number of hydrogen-bond acceptors (Lipinski definition) is 3. The van der Waals surface area contributed by atoms with E-state index in [2.05, 4.69) is 10.2 Å². The van der Waals surface area contributed by atoms with E-state index in [1.54, 1.807) is 10.5 Å². The fraction of sp³-hybridized carbons (Fsp3) is 0.438. The Bertz CT molecular complexity index is 725. The number of nitrogens with zero attached hydrogens (tertiary/aromatic N) is 2. The third kappa shape index (κ3) is 3.08. The number of hydrogen-bond donors (Lipinski definition) is 1. The molecule has 1 aliphatic rings. The molecular weight excluding hydrogens is 298 g/mol. The Morgan fingerprint density at radius 2 is 2.05 bits per heavy atom. The van der Waals surface area contributed by atoms with Crippen LogP contribution < -0.4 is 0 Å². The summed E-state index contributed by atoms with van der Waals surface area (Å²) in [7, 11) is -3.34. The lowest BCUT2D eigenvalue weighted by Gasteiger charge is -2.34. The molecule has 0 bridgehead atoms. The third-order valence-corrected chi connectivity index (χ3v) is 6.05. The molecule has 22 heavy (non-hydrogen) atoms. The Morgan fingerprint density at radius 3 is 2.73 bits per heavy atom. The molecule has 1 N–H and O–H groups in total. The van der Waals surface area contributed by atoms with Crippen molar-refractivity contribution in [2.24, 2.45) is 0 Å². The third-order valence-electron chi connectivity index (χ3n) is 4.20. The van der Waals surface area contributed by atoms with Crippen LogP contribution in [0.3, 0.4) is 0 Å². The number of aromatic amines is 1. The average molecular weight is 319 g/mol. The molecule has 1 aromatic carbocycles. The van der Waals surface area contributed by atoms with Crippen LogP contribution in [0.5, 0.6) is 0 Å². The van der Waals surface area contributed by atoms with Crippen LogP contribution >= 0.6 is 0 Å². The molecule has 1 unspecified atom stereocenters. The number of aryl methyl sites for hydroxylation is 1. The fourth-order valence-corrected chi connectivity index (χ4v) is 4.87. The van der Waals surface area contributed by atoms with Gasteiger partial charge in [-0.05, 0) is 30.9 Å². The predicted molar refractivity (Wildman–Crippen MR) is 85.7 cm³/mol. The van der Waals surface area contributed by atoms with Crippen molar-refractivity contribution in [3.63, 3.8) is 0 Å². The summed E-state index contributed by atoms with van der Waals surface area (Å²) in [6.07, 6.45) is 4.56. The highest BCUT2D eigenvalue weighted by Gasteiger charge is 2.34. The van der Waals surface area contributed by atoms with Gasteiger partial charge in [0.05, 0.1) is 23.7 Å². The second-order valence-corrected chi connectivity index (χ2v) is 7.75. The number of nitrogens with one attached hydrogen (secondary N) is 1. The normalized spacial score (nSPS) is 20.1. The van der Waals surface area contributed by atoms with Gasteiger partial charge in [0.1, 0.15) is 0 Å². The van der Waals surface area contributed by atoms with Gasteiger partial charge in [-0.2, -0.15) is 9.40 Å². The molecule has 0 aliphatic carbocycles. The number of benzene rings is 1. The predicted octanol–water partition coefficient (Wildman–Crippen LogP) is 2.78. The summed E-state index contributed by atoms with van der Waals surface area (Å²) in [6.45, 7) is 2.55. The summed E-state index contributed by atoms with van der Waals surface area (Å²) in [5, 5.41) is 7.04. The zero-order valence-corrected chi connectivity index (χ0v) is 13.5. The summed E-state index contributed by atoms with van der Waals surface area (Å²) in [4.78, 5) is 0. The molecular formula is C16H21N3O2S. The van der Waals surface area contributed by atoms with Crippen LogP contribution in [0.2, 0.25) is 0 Å². The lowest BCUT2D eigenvalue weighted by molar-refractivity contribution is 0.250. The molecule has 1 aliphatic heterocycles. The highest BCUT2D eigenvalue weighted by atomic mass is 32.2. The molecule has 3 rings (SSSR count). The van der Waals surface area contributed by atoms with Gasteiger partial charge in [0, 0.05) is 6.54 Å². The first-order valence-corrected chi connectivity index (χ1v) is 9.22. The van der Waals surface area contributed by atoms with E-state index in [0.717, 1.165) is 36.1 Å². The molecule has 118 valence electrons. The van der Waals surface area contributed by atoms with Crippen LogP contribution in [0.25, 0.3) is 0 Å². The van der Waals surface area contributed by atoms with Crippen molar-refractivity contribution in [2.45, 2.75) is 38.0 Å². The van der Waals surface area contributed by atoms with Crippen molar-refractivity contribution >= 4 is 10.0 Å². The lowest BCUT2D eigenvalue weighted by Crippen LogP contribution is -2.39. The van der Waals surface area contributed by atoms with Crippen molar-refractivity contribution in [2.75, 3.05) is 6.54 Å². The van der Waals surface area contributed by atoms with Gasteiger partial charge in [0.2, 0.25) is 10.0 Å². The van der Waals surface area contributed by atoms with Gasteiger partial charge in [-0.1, -0.05) is 36.8 Å². The minimum absolute atomic E-state index is 0.0531. The summed E-state index contributed by atoms with van der Waals surface area (Å²) in [5.41, 5.74) is 2.77. The Labute approximate surface area is 131 Å². The first kappa shape index (κ1) is 15.2. The number of H-pyrrole nitrogens is 1. The largest absolute Gasteiger partial charge is 0.281 e. The maximum absolute atomic E-state index is 12.9. The first-order chi connectivity index (χ1) is 10.6. The molecule has 0 spiro atoms. The van der Waals surface area contributed by atoms with Gasteiger partial charge in [-0.25, -0.2) is 8.42 Å². The van der Waals surface area contributed by atoms with E-state index >= 15 is 0 Å². The number of piperidine rings is 1. The number of rotatable bonds is 4. The van der Waals surface area contributed by atoms with Gasteiger partial charge < -0.3 is 0 Å². The molecule has 6 heteroatoms. The smallest absolute Gasteiger partial charge is 0.218 e. The molecule has 2 aromatic rings. The van der Waals surface area contributed by atoms with Crippen molar-refractivity contribution in [3.8, 4) is 0 Å². The van der Waals surface area contributed by atoms with Crippen molar-refractivity contribution in [3.05, 3.63) is 53.3 Å². The molecule has 1 saturated heterocycles. The molecule has 1 aromatic heterocycles. The van der Waals surface area contributed by atoms with Crippen LogP contribution in [0.1, 0.15) is 42.1 Å². The summed E-state index contributed by atoms with van der Waals surface area (Å²) < 4.78 is 27.4. The van der Waals surface area contributed by atoms with Crippen molar-refractivity contribution in [1.29, 1.82) is 0 Å². The zero-order chi connectivity index (χ0) is 15.6. The first-order valence-electron chi connectivity index (χ1n) is 7.61. The second kappa shape index (κ2) is 6.22. The maximum Gasteiger partial charge on any atom is 0.218 e. The van der Waals surface area contributed by atoms with E-state index < -0.39 is 10.0 Å². The maximum atomic E-state index is 12.9. The minimum atomic E-state index is -3.34. The zero-order valence-electron chi connectivity index (χ0n) is 12.7. The van der Waals surface area contributed by atoms with Crippen LogP contribution in [0.15, 0.2) is 36.5 Å². The number of aromatic nitrogens is 2. The molecule has 1 atom stereocenters.